The molecule has 1 aromatic heterocycles. The zero-order valence-electron chi connectivity index (χ0n) is 11.8. The molecule has 0 spiro atoms. The van der Waals surface area contributed by atoms with Crippen molar-refractivity contribution in [2.45, 2.75) is 27.4 Å². The van der Waals surface area contributed by atoms with E-state index in [2.05, 4.69) is 11.5 Å². The Balaban J connectivity index is 2.20. The molecule has 0 radical (unpaired) electrons. The molecule has 5 heteroatoms. The summed E-state index contributed by atoms with van der Waals surface area (Å²) in [5.74, 6) is 6.00. The van der Waals surface area contributed by atoms with Crippen molar-refractivity contribution in [1.82, 2.24) is 5.43 Å². The van der Waals surface area contributed by atoms with Gasteiger partial charge in [-0.3, -0.25) is 10.2 Å². The van der Waals surface area contributed by atoms with Crippen LogP contribution >= 0.6 is 0 Å². The molecule has 3 N–H and O–H groups in total. The summed E-state index contributed by atoms with van der Waals surface area (Å²) in [5.41, 5.74) is 5.76. The molecule has 20 heavy (non-hydrogen) atoms. The van der Waals surface area contributed by atoms with Gasteiger partial charge in [0.05, 0.1) is 11.8 Å². The van der Waals surface area contributed by atoms with E-state index in [4.69, 9.17) is 15.0 Å². The highest BCUT2D eigenvalue weighted by Crippen LogP contribution is 2.27. The molecule has 0 unspecified atom stereocenters. The van der Waals surface area contributed by atoms with Gasteiger partial charge in [0, 0.05) is 0 Å². The van der Waals surface area contributed by atoms with Crippen LogP contribution in [0.1, 0.15) is 32.8 Å². The summed E-state index contributed by atoms with van der Waals surface area (Å²) in [6.45, 7) is 6.20. The molecule has 5 nitrogen and oxygen atoms in total. The average Bonchev–Trinajstić information content (AvgIpc) is 2.90. The first-order valence-electron chi connectivity index (χ1n) is 6.31. The van der Waals surface area contributed by atoms with Gasteiger partial charge >= 0.3 is 0 Å². The van der Waals surface area contributed by atoms with E-state index in [0.29, 0.717) is 11.3 Å². The van der Waals surface area contributed by atoms with Gasteiger partial charge < -0.3 is 9.15 Å². The number of carbonyl (C=O) groups is 1. The molecule has 106 valence electrons. The molecule has 0 saturated heterocycles. The van der Waals surface area contributed by atoms with Crippen molar-refractivity contribution in [2.24, 2.45) is 5.84 Å². The highest BCUT2D eigenvalue weighted by molar-refractivity contribution is 5.94. The zero-order chi connectivity index (χ0) is 14.7. The van der Waals surface area contributed by atoms with Crippen LogP contribution in [0.3, 0.4) is 0 Å². The Hall–Kier alpha value is -2.27. The lowest BCUT2D eigenvalue weighted by Crippen LogP contribution is -2.30. The van der Waals surface area contributed by atoms with Crippen LogP contribution in [0.15, 0.2) is 28.9 Å². The molecule has 1 aromatic carbocycles. The quantitative estimate of drug-likeness (QED) is 0.510. The van der Waals surface area contributed by atoms with Gasteiger partial charge in [-0.25, -0.2) is 5.84 Å². The summed E-state index contributed by atoms with van der Waals surface area (Å²) >= 11 is 0. The number of amides is 1. The van der Waals surface area contributed by atoms with Gasteiger partial charge in [-0.1, -0.05) is 12.1 Å². The van der Waals surface area contributed by atoms with Crippen molar-refractivity contribution >= 4 is 5.91 Å². The zero-order valence-corrected chi connectivity index (χ0v) is 11.8. The Kier molecular flexibility index (Phi) is 4.10. The van der Waals surface area contributed by atoms with Gasteiger partial charge in [-0.05, 0) is 43.5 Å². The molecule has 0 atom stereocenters. The van der Waals surface area contributed by atoms with Crippen molar-refractivity contribution < 1.29 is 13.9 Å². The molecule has 2 aromatic rings. The molecule has 0 aliphatic rings. The number of nitrogens with two attached hydrogens (primary N) is 1. The van der Waals surface area contributed by atoms with E-state index in [1.54, 1.807) is 6.07 Å². The largest absolute Gasteiger partial charge is 0.485 e. The van der Waals surface area contributed by atoms with E-state index in [-0.39, 0.29) is 6.61 Å². The van der Waals surface area contributed by atoms with Crippen LogP contribution in [0.4, 0.5) is 0 Å². The summed E-state index contributed by atoms with van der Waals surface area (Å²) in [6.07, 6.45) is 1.44. The van der Waals surface area contributed by atoms with Gasteiger partial charge in [0.15, 0.2) is 5.76 Å². The van der Waals surface area contributed by atoms with Gasteiger partial charge in [0.1, 0.15) is 12.4 Å². The van der Waals surface area contributed by atoms with Gasteiger partial charge in [-0.15, -0.1) is 0 Å². The van der Waals surface area contributed by atoms with Crippen LogP contribution in [-0.2, 0) is 6.61 Å². The number of carbonyl (C=O) groups excluding carboxylic acids is 1. The molecule has 0 bridgehead atoms. The highest BCUT2D eigenvalue weighted by Gasteiger charge is 2.15. The second kappa shape index (κ2) is 5.79. The SMILES string of the molecule is Cc1ccc(C)c(OCc2occc2C(=O)NN)c1C. The van der Waals surface area contributed by atoms with Crippen molar-refractivity contribution in [3.8, 4) is 5.75 Å². The predicted molar refractivity (Wildman–Crippen MR) is 75.3 cm³/mol. The van der Waals surface area contributed by atoms with Gasteiger partial charge in [0.2, 0.25) is 0 Å². The Morgan fingerprint density at radius 1 is 1.25 bits per heavy atom. The number of hydrazine groups is 1. The number of furan rings is 1. The maximum absolute atomic E-state index is 11.5. The lowest BCUT2D eigenvalue weighted by molar-refractivity contribution is 0.0949. The number of aryl methyl sites for hydroxylation is 2. The Morgan fingerprint density at radius 3 is 2.65 bits per heavy atom. The Bertz CT molecular complexity index is 632. The summed E-state index contributed by atoms with van der Waals surface area (Å²) in [7, 11) is 0. The number of benzene rings is 1. The lowest BCUT2D eigenvalue weighted by atomic mass is 10.1. The fourth-order valence-corrected chi connectivity index (χ4v) is 2.02. The van der Waals surface area contributed by atoms with Gasteiger partial charge in [-0.2, -0.15) is 0 Å². The van der Waals surface area contributed by atoms with Gasteiger partial charge in [0.25, 0.3) is 5.91 Å². The first-order chi connectivity index (χ1) is 9.54. The molecule has 2 rings (SSSR count). The van der Waals surface area contributed by atoms with Crippen LogP contribution in [0.2, 0.25) is 0 Å². The van der Waals surface area contributed by atoms with E-state index in [0.717, 1.165) is 22.4 Å². The van der Waals surface area contributed by atoms with E-state index in [1.165, 1.54) is 6.26 Å². The average molecular weight is 274 g/mol. The second-order valence-electron chi connectivity index (χ2n) is 4.67. The molecule has 1 amide bonds. The minimum absolute atomic E-state index is 0.181. The molecule has 0 aliphatic heterocycles. The topological polar surface area (TPSA) is 77.5 Å². The minimum Gasteiger partial charge on any atom is -0.485 e. The summed E-state index contributed by atoms with van der Waals surface area (Å²) in [4.78, 5) is 11.5. The maximum Gasteiger partial charge on any atom is 0.268 e. The number of hydrogen-bond acceptors (Lipinski definition) is 4. The fourth-order valence-electron chi connectivity index (χ4n) is 2.02. The molecular weight excluding hydrogens is 256 g/mol. The fraction of sp³-hybridized carbons (Fsp3) is 0.267. The highest BCUT2D eigenvalue weighted by atomic mass is 16.5. The summed E-state index contributed by atoms with van der Waals surface area (Å²) in [5, 5.41) is 0. The van der Waals surface area contributed by atoms with E-state index in [1.807, 2.05) is 26.8 Å². The Morgan fingerprint density at radius 2 is 1.95 bits per heavy atom. The smallest absolute Gasteiger partial charge is 0.268 e. The molecule has 0 aliphatic carbocycles. The summed E-state index contributed by atoms with van der Waals surface area (Å²) < 4.78 is 11.1. The van der Waals surface area contributed by atoms with Crippen LogP contribution in [0, 0.1) is 20.8 Å². The third-order valence-electron chi connectivity index (χ3n) is 3.34. The first-order valence-corrected chi connectivity index (χ1v) is 6.31. The normalized spacial score (nSPS) is 10.4. The number of nitrogen functional groups attached to an aromatic ring is 1. The molecular formula is C15H18N2O3. The van der Waals surface area contributed by atoms with Crippen LogP contribution in [0.5, 0.6) is 5.75 Å². The minimum atomic E-state index is -0.393. The third kappa shape index (κ3) is 2.67. The standard InChI is InChI=1S/C15H18N2O3/c1-9-4-5-10(2)14(11(9)3)20-8-13-12(6-7-19-13)15(18)17-16/h4-7H,8,16H2,1-3H3,(H,17,18). The van der Waals surface area contributed by atoms with E-state index < -0.39 is 5.91 Å². The van der Waals surface area contributed by atoms with E-state index in [9.17, 15) is 4.79 Å². The third-order valence-corrected chi connectivity index (χ3v) is 3.34. The molecule has 0 saturated carbocycles. The monoisotopic (exact) mass is 274 g/mol. The van der Waals surface area contributed by atoms with Crippen molar-refractivity contribution in [2.75, 3.05) is 0 Å². The van der Waals surface area contributed by atoms with Crippen molar-refractivity contribution in [3.05, 3.63) is 52.5 Å². The molecule has 1 heterocycles. The summed E-state index contributed by atoms with van der Waals surface area (Å²) in [6, 6.07) is 5.63. The lowest BCUT2D eigenvalue weighted by Gasteiger charge is -2.13. The maximum atomic E-state index is 11.5. The van der Waals surface area contributed by atoms with Crippen LogP contribution in [0.25, 0.3) is 0 Å². The number of rotatable bonds is 4. The van der Waals surface area contributed by atoms with Crippen molar-refractivity contribution in [3.63, 3.8) is 0 Å². The first kappa shape index (κ1) is 14.1. The number of nitrogens with one attached hydrogen (secondary N) is 1. The number of hydrogen-bond donors (Lipinski definition) is 2. The molecule has 0 fully saturated rings. The van der Waals surface area contributed by atoms with E-state index >= 15 is 0 Å². The van der Waals surface area contributed by atoms with Crippen LogP contribution < -0.4 is 16.0 Å². The van der Waals surface area contributed by atoms with Crippen LogP contribution in [-0.4, -0.2) is 5.91 Å². The Labute approximate surface area is 117 Å². The van der Waals surface area contributed by atoms with Crippen molar-refractivity contribution in [1.29, 1.82) is 0 Å². The number of ether oxygens (including phenoxy) is 1. The predicted octanol–water partition coefficient (Wildman–Crippen LogP) is 2.39. The second-order valence-corrected chi connectivity index (χ2v) is 4.67.